The summed E-state index contributed by atoms with van der Waals surface area (Å²) in [6, 6.07) is 9.29. The molecule has 24 heavy (non-hydrogen) atoms. The number of aliphatic hydroxyl groups is 2. The Morgan fingerprint density at radius 1 is 1.21 bits per heavy atom. The normalized spacial score (nSPS) is 23.7. The van der Waals surface area contributed by atoms with Gasteiger partial charge in [-0.15, -0.1) is 0 Å². The highest BCUT2D eigenvalue weighted by molar-refractivity contribution is 5.76. The quantitative estimate of drug-likeness (QED) is 0.743. The Morgan fingerprint density at radius 2 is 2.04 bits per heavy atom. The first-order chi connectivity index (χ1) is 11.8. The van der Waals surface area contributed by atoms with Gasteiger partial charge in [0, 0.05) is 6.42 Å². The third kappa shape index (κ3) is 2.60. The summed E-state index contributed by atoms with van der Waals surface area (Å²) in [4.78, 5) is 12.7. The van der Waals surface area contributed by atoms with Gasteiger partial charge < -0.3 is 19.7 Å². The minimum atomic E-state index is -0.723. The van der Waals surface area contributed by atoms with Gasteiger partial charge in [0.15, 0.2) is 11.2 Å². The molecule has 0 aliphatic carbocycles. The average molecular weight is 328 g/mol. The molecule has 1 aliphatic heterocycles. The lowest BCUT2D eigenvalue weighted by Gasteiger charge is -2.13. The first-order valence-corrected chi connectivity index (χ1v) is 7.61. The van der Waals surface area contributed by atoms with E-state index < -0.39 is 18.4 Å². The Kier molecular flexibility index (Phi) is 3.85. The van der Waals surface area contributed by atoms with Crippen molar-refractivity contribution in [2.24, 2.45) is 0 Å². The second-order valence-corrected chi connectivity index (χ2v) is 5.53. The van der Waals surface area contributed by atoms with Gasteiger partial charge >= 0.3 is 0 Å². The van der Waals surface area contributed by atoms with Crippen LogP contribution in [0.4, 0.5) is 0 Å². The standard InChI is InChI=1S/C16H16N4O4/c21-7-12-11(22)6-13(24-12)20-9-19-14-15(20)17-8-18-16(14)23-10-4-2-1-3-5-10/h1-5,8-9,11-13,21-22H,6-7H2. The number of imidazole rings is 1. The lowest BCUT2D eigenvalue weighted by atomic mass is 10.2. The molecule has 0 radical (unpaired) electrons. The SMILES string of the molecule is OCC1OC(n2cnc3c(Oc4ccccc4)ncnc32)CC1O. The zero-order chi connectivity index (χ0) is 16.5. The number of rotatable bonds is 4. The van der Waals surface area contributed by atoms with Crippen molar-refractivity contribution in [2.75, 3.05) is 6.61 Å². The second kappa shape index (κ2) is 6.16. The van der Waals surface area contributed by atoms with Crippen molar-refractivity contribution in [3.8, 4) is 11.6 Å². The Labute approximate surface area is 137 Å². The van der Waals surface area contributed by atoms with Crippen LogP contribution in [-0.4, -0.2) is 48.5 Å². The molecule has 3 unspecified atom stereocenters. The molecule has 2 aromatic heterocycles. The van der Waals surface area contributed by atoms with E-state index in [-0.39, 0.29) is 6.61 Å². The summed E-state index contributed by atoms with van der Waals surface area (Å²) in [5.41, 5.74) is 1.05. The molecular weight excluding hydrogens is 312 g/mol. The monoisotopic (exact) mass is 328 g/mol. The maximum absolute atomic E-state index is 9.90. The van der Waals surface area contributed by atoms with Gasteiger partial charge in [-0.3, -0.25) is 4.57 Å². The van der Waals surface area contributed by atoms with Crippen molar-refractivity contribution in [3.63, 3.8) is 0 Å². The van der Waals surface area contributed by atoms with Crippen molar-refractivity contribution in [1.82, 2.24) is 19.5 Å². The van der Waals surface area contributed by atoms with E-state index in [4.69, 9.17) is 9.47 Å². The van der Waals surface area contributed by atoms with E-state index in [9.17, 15) is 10.2 Å². The Bertz CT molecular complexity index is 838. The Balaban J connectivity index is 1.67. The van der Waals surface area contributed by atoms with E-state index in [2.05, 4.69) is 15.0 Å². The topological polar surface area (TPSA) is 103 Å². The number of fused-ring (bicyclic) bond motifs is 1. The number of ether oxygens (including phenoxy) is 2. The highest BCUT2D eigenvalue weighted by Crippen LogP contribution is 2.32. The number of hydrogen-bond acceptors (Lipinski definition) is 7. The van der Waals surface area contributed by atoms with Crippen LogP contribution in [0.25, 0.3) is 11.2 Å². The number of para-hydroxylation sites is 1. The summed E-state index contributed by atoms with van der Waals surface area (Å²) in [7, 11) is 0. The molecule has 1 aromatic carbocycles. The molecule has 124 valence electrons. The highest BCUT2D eigenvalue weighted by Gasteiger charge is 2.35. The van der Waals surface area contributed by atoms with E-state index in [0.29, 0.717) is 29.2 Å². The predicted molar refractivity (Wildman–Crippen MR) is 83.5 cm³/mol. The molecule has 1 aliphatic rings. The van der Waals surface area contributed by atoms with Gasteiger partial charge in [-0.05, 0) is 12.1 Å². The van der Waals surface area contributed by atoms with Gasteiger partial charge in [0.1, 0.15) is 24.4 Å². The highest BCUT2D eigenvalue weighted by atomic mass is 16.5. The van der Waals surface area contributed by atoms with Gasteiger partial charge in [-0.1, -0.05) is 18.2 Å². The molecule has 1 fully saturated rings. The minimum Gasteiger partial charge on any atom is -0.437 e. The molecule has 0 spiro atoms. The van der Waals surface area contributed by atoms with E-state index in [0.717, 1.165) is 0 Å². The maximum Gasteiger partial charge on any atom is 0.250 e. The van der Waals surface area contributed by atoms with Gasteiger partial charge in [0.25, 0.3) is 5.88 Å². The molecule has 8 heteroatoms. The summed E-state index contributed by atoms with van der Waals surface area (Å²) in [6.45, 7) is -0.234. The molecule has 8 nitrogen and oxygen atoms in total. The van der Waals surface area contributed by atoms with Crippen LogP contribution in [0.2, 0.25) is 0 Å². The fourth-order valence-corrected chi connectivity index (χ4v) is 2.77. The number of hydrogen-bond donors (Lipinski definition) is 2. The van der Waals surface area contributed by atoms with Gasteiger partial charge in [-0.25, -0.2) is 9.97 Å². The molecule has 3 aromatic rings. The fourth-order valence-electron chi connectivity index (χ4n) is 2.77. The number of aliphatic hydroxyl groups excluding tert-OH is 2. The molecule has 2 N–H and O–H groups in total. The molecule has 3 heterocycles. The summed E-state index contributed by atoms with van der Waals surface area (Å²) < 4.78 is 13.1. The predicted octanol–water partition coefficient (Wildman–Crippen LogP) is 1.26. The summed E-state index contributed by atoms with van der Waals surface area (Å²) >= 11 is 0. The molecular formula is C16H16N4O4. The van der Waals surface area contributed by atoms with Crippen molar-refractivity contribution in [1.29, 1.82) is 0 Å². The minimum absolute atomic E-state index is 0.234. The van der Waals surface area contributed by atoms with Crippen molar-refractivity contribution >= 4 is 11.2 Å². The van der Waals surface area contributed by atoms with Crippen molar-refractivity contribution in [2.45, 2.75) is 24.9 Å². The van der Waals surface area contributed by atoms with Crippen LogP contribution < -0.4 is 4.74 Å². The van der Waals surface area contributed by atoms with Crippen molar-refractivity contribution in [3.05, 3.63) is 43.0 Å². The molecule has 1 saturated heterocycles. The van der Waals surface area contributed by atoms with Gasteiger partial charge in [-0.2, -0.15) is 4.98 Å². The van der Waals surface area contributed by atoms with E-state index in [1.807, 2.05) is 30.3 Å². The number of nitrogens with zero attached hydrogens (tertiary/aromatic N) is 4. The first kappa shape index (κ1) is 15.0. The van der Waals surface area contributed by atoms with Gasteiger partial charge in [0.2, 0.25) is 0 Å². The van der Waals surface area contributed by atoms with Crippen LogP contribution in [0, 0.1) is 0 Å². The zero-order valence-electron chi connectivity index (χ0n) is 12.7. The van der Waals surface area contributed by atoms with Crippen LogP contribution in [0.5, 0.6) is 11.6 Å². The van der Waals surface area contributed by atoms with E-state index in [1.54, 1.807) is 10.9 Å². The van der Waals surface area contributed by atoms with Crippen molar-refractivity contribution < 1.29 is 19.7 Å². The molecule has 4 rings (SSSR count). The van der Waals surface area contributed by atoms with E-state index >= 15 is 0 Å². The summed E-state index contributed by atoms with van der Waals surface area (Å²) in [6.07, 6.45) is 1.56. The lowest BCUT2D eigenvalue weighted by Crippen LogP contribution is -2.24. The molecule has 3 atom stereocenters. The summed E-state index contributed by atoms with van der Waals surface area (Å²) in [5.74, 6) is 1.00. The number of aromatic nitrogens is 4. The summed E-state index contributed by atoms with van der Waals surface area (Å²) in [5, 5.41) is 19.1. The van der Waals surface area contributed by atoms with Crippen LogP contribution in [0.1, 0.15) is 12.6 Å². The van der Waals surface area contributed by atoms with Crippen LogP contribution in [-0.2, 0) is 4.74 Å². The number of benzene rings is 1. The largest absolute Gasteiger partial charge is 0.437 e. The van der Waals surface area contributed by atoms with Crippen LogP contribution >= 0.6 is 0 Å². The van der Waals surface area contributed by atoms with Crippen LogP contribution in [0.15, 0.2) is 43.0 Å². The molecule has 0 amide bonds. The Hall–Kier alpha value is -2.55. The van der Waals surface area contributed by atoms with Gasteiger partial charge in [0.05, 0.1) is 19.0 Å². The second-order valence-electron chi connectivity index (χ2n) is 5.53. The molecule has 0 saturated carbocycles. The molecule has 0 bridgehead atoms. The third-order valence-corrected chi connectivity index (χ3v) is 3.98. The fraction of sp³-hybridized carbons (Fsp3) is 0.312. The van der Waals surface area contributed by atoms with Crippen LogP contribution in [0.3, 0.4) is 0 Å². The first-order valence-electron chi connectivity index (χ1n) is 7.61. The zero-order valence-corrected chi connectivity index (χ0v) is 12.7. The van der Waals surface area contributed by atoms with E-state index in [1.165, 1.54) is 6.33 Å². The smallest absolute Gasteiger partial charge is 0.250 e. The third-order valence-electron chi connectivity index (χ3n) is 3.98. The maximum atomic E-state index is 9.90. The Morgan fingerprint density at radius 3 is 2.79 bits per heavy atom. The average Bonchev–Trinajstić information content (AvgIpc) is 3.19. The lowest BCUT2D eigenvalue weighted by molar-refractivity contribution is -0.0432.